The van der Waals surface area contributed by atoms with E-state index in [1.807, 2.05) is 18.2 Å². The molecule has 0 saturated heterocycles. The molecule has 1 aromatic carbocycles. The minimum Gasteiger partial charge on any atom is -0.349 e. The van der Waals surface area contributed by atoms with Crippen molar-refractivity contribution in [1.29, 1.82) is 0 Å². The summed E-state index contributed by atoms with van der Waals surface area (Å²) in [5.74, 6) is -0.0879. The highest BCUT2D eigenvalue weighted by Crippen LogP contribution is 2.08. The highest BCUT2D eigenvalue weighted by molar-refractivity contribution is 5.95. The summed E-state index contributed by atoms with van der Waals surface area (Å²) < 4.78 is 1.69. The molecule has 0 unspecified atom stereocenters. The fourth-order valence-corrected chi connectivity index (χ4v) is 2.33. The number of anilines is 1. The molecule has 2 heterocycles. The standard InChI is InChI=1S/C17H17N5O2/c1-12(18-16(24)13-7-3-2-4-8-13)11-15(23)19-17-21-20-14-9-5-6-10-22(14)17/h2-10,12H,11H2,1H3,(H,18,24)(H,19,21,23)/t12-/m0/s1. The number of hydrogen-bond donors (Lipinski definition) is 2. The summed E-state index contributed by atoms with van der Waals surface area (Å²) in [6.07, 6.45) is 1.91. The Morgan fingerprint density at radius 2 is 1.83 bits per heavy atom. The van der Waals surface area contributed by atoms with Crippen molar-refractivity contribution in [3.05, 3.63) is 60.3 Å². The molecule has 0 radical (unpaired) electrons. The van der Waals surface area contributed by atoms with Crippen molar-refractivity contribution in [3.63, 3.8) is 0 Å². The van der Waals surface area contributed by atoms with Gasteiger partial charge in [-0.2, -0.15) is 0 Å². The average molecular weight is 323 g/mol. The van der Waals surface area contributed by atoms with E-state index in [0.717, 1.165) is 0 Å². The van der Waals surface area contributed by atoms with Crippen LogP contribution in [0.3, 0.4) is 0 Å². The minimum absolute atomic E-state index is 0.139. The summed E-state index contributed by atoms with van der Waals surface area (Å²) in [4.78, 5) is 24.2. The quantitative estimate of drug-likeness (QED) is 0.750. The van der Waals surface area contributed by atoms with Gasteiger partial charge in [0.15, 0.2) is 5.65 Å². The van der Waals surface area contributed by atoms with Gasteiger partial charge in [-0.25, -0.2) is 0 Å². The van der Waals surface area contributed by atoms with Crippen LogP contribution in [-0.2, 0) is 4.79 Å². The monoisotopic (exact) mass is 323 g/mol. The highest BCUT2D eigenvalue weighted by atomic mass is 16.2. The van der Waals surface area contributed by atoms with E-state index in [4.69, 9.17) is 0 Å². The number of aromatic nitrogens is 3. The summed E-state index contributed by atoms with van der Waals surface area (Å²) in [6, 6.07) is 14.0. The molecule has 0 aliphatic heterocycles. The predicted octanol–water partition coefficient (Wildman–Crippen LogP) is 1.88. The van der Waals surface area contributed by atoms with Crippen LogP contribution in [0.5, 0.6) is 0 Å². The van der Waals surface area contributed by atoms with Gasteiger partial charge < -0.3 is 5.32 Å². The van der Waals surface area contributed by atoms with Crippen molar-refractivity contribution in [2.24, 2.45) is 0 Å². The third-order valence-corrected chi connectivity index (χ3v) is 3.47. The van der Waals surface area contributed by atoms with Crippen LogP contribution in [0.2, 0.25) is 0 Å². The predicted molar refractivity (Wildman–Crippen MR) is 89.6 cm³/mol. The van der Waals surface area contributed by atoms with Crippen molar-refractivity contribution in [2.45, 2.75) is 19.4 Å². The summed E-state index contributed by atoms with van der Waals surface area (Å²) in [6.45, 7) is 1.78. The third-order valence-electron chi connectivity index (χ3n) is 3.47. The van der Waals surface area contributed by atoms with Gasteiger partial charge in [0.2, 0.25) is 11.9 Å². The fourth-order valence-electron chi connectivity index (χ4n) is 2.33. The number of nitrogens with zero attached hydrogens (tertiary/aromatic N) is 3. The molecule has 0 aliphatic carbocycles. The first-order chi connectivity index (χ1) is 11.6. The van der Waals surface area contributed by atoms with Gasteiger partial charge in [-0.15, -0.1) is 10.2 Å². The molecule has 0 bridgehead atoms. The van der Waals surface area contributed by atoms with Gasteiger partial charge in [0.1, 0.15) is 0 Å². The Kier molecular flexibility index (Phi) is 4.51. The van der Waals surface area contributed by atoms with Gasteiger partial charge in [-0.05, 0) is 31.2 Å². The molecule has 1 atom stereocenters. The summed E-state index contributed by atoms with van der Waals surface area (Å²) in [5.41, 5.74) is 1.21. The third kappa shape index (κ3) is 3.57. The molecule has 0 spiro atoms. The second kappa shape index (κ2) is 6.91. The molecule has 0 aliphatic rings. The van der Waals surface area contributed by atoms with Crippen LogP contribution in [0.25, 0.3) is 5.65 Å². The summed E-state index contributed by atoms with van der Waals surface area (Å²) in [7, 11) is 0. The molecule has 24 heavy (non-hydrogen) atoms. The van der Waals surface area contributed by atoms with E-state index in [-0.39, 0.29) is 24.3 Å². The van der Waals surface area contributed by atoms with E-state index < -0.39 is 0 Å². The molecule has 3 aromatic rings. The molecule has 2 amide bonds. The van der Waals surface area contributed by atoms with Crippen LogP contribution >= 0.6 is 0 Å². The molecule has 0 fully saturated rings. The lowest BCUT2D eigenvalue weighted by atomic mass is 10.1. The summed E-state index contributed by atoms with van der Waals surface area (Å²) >= 11 is 0. The van der Waals surface area contributed by atoms with E-state index in [0.29, 0.717) is 17.2 Å². The molecule has 2 N–H and O–H groups in total. The molecular weight excluding hydrogens is 306 g/mol. The largest absolute Gasteiger partial charge is 0.349 e. The number of carbonyl (C=O) groups is 2. The lowest BCUT2D eigenvalue weighted by molar-refractivity contribution is -0.116. The van der Waals surface area contributed by atoms with E-state index >= 15 is 0 Å². The first-order valence-electron chi connectivity index (χ1n) is 7.59. The number of rotatable bonds is 5. The smallest absolute Gasteiger partial charge is 0.251 e. The van der Waals surface area contributed by atoms with Crippen molar-refractivity contribution >= 4 is 23.4 Å². The van der Waals surface area contributed by atoms with Crippen LogP contribution in [0, 0.1) is 0 Å². The lowest BCUT2D eigenvalue weighted by Gasteiger charge is -2.13. The number of hydrogen-bond acceptors (Lipinski definition) is 4. The van der Waals surface area contributed by atoms with Gasteiger partial charge in [0.25, 0.3) is 5.91 Å². The molecule has 122 valence electrons. The van der Waals surface area contributed by atoms with E-state index in [1.165, 1.54) is 0 Å². The van der Waals surface area contributed by atoms with E-state index in [2.05, 4.69) is 20.8 Å². The Balaban J connectivity index is 1.57. The van der Waals surface area contributed by atoms with Crippen molar-refractivity contribution in [2.75, 3.05) is 5.32 Å². The Bertz CT molecular complexity index is 860. The topological polar surface area (TPSA) is 88.4 Å². The van der Waals surface area contributed by atoms with Crippen LogP contribution in [0.15, 0.2) is 54.7 Å². The van der Waals surface area contributed by atoms with E-state index in [9.17, 15) is 9.59 Å². The van der Waals surface area contributed by atoms with Crippen molar-refractivity contribution < 1.29 is 9.59 Å². The lowest BCUT2D eigenvalue weighted by Crippen LogP contribution is -2.35. The maximum absolute atomic E-state index is 12.1. The molecule has 3 rings (SSSR count). The Morgan fingerprint density at radius 3 is 2.62 bits per heavy atom. The van der Waals surface area contributed by atoms with Crippen LogP contribution in [-0.4, -0.2) is 32.5 Å². The molecular formula is C17H17N5O2. The van der Waals surface area contributed by atoms with Crippen LogP contribution in [0.1, 0.15) is 23.7 Å². The van der Waals surface area contributed by atoms with E-state index in [1.54, 1.807) is 47.9 Å². The highest BCUT2D eigenvalue weighted by Gasteiger charge is 2.15. The Morgan fingerprint density at radius 1 is 1.08 bits per heavy atom. The normalized spacial score (nSPS) is 11.9. The van der Waals surface area contributed by atoms with Crippen LogP contribution in [0.4, 0.5) is 5.95 Å². The van der Waals surface area contributed by atoms with Gasteiger partial charge >= 0.3 is 0 Å². The zero-order valence-electron chi connectivity index (χ0n) is 13.1. The van der Waals surface area contributed by atoms with Crippen LogP contribution < -0.4 is 10.6 Å². The van der Waals surface area contributed by atoms with Gasteiger partial charge in [-0.1, -0.05) is 24.3 Å². The maximum Gasteiger partial charge on any atom is 0.251 e. The fraction of sp³-hybridized carbons (Fsp3) is 0.176. The first-order valence-corrected chi connectivity index (χ1v) is 7.59. The molecule has 7 heteroatoms. The average Bonchev–Trinajstić information content (AvgIpc) is 2.98. The number of nitrogens with one attached hydrogen (secondary N) is 2. The minimum atomic E-state index is -0.308. The van der Waals surface area contributed by atoms with Gasteiger partial charge in [0.05, 0.1) is 0 Å². The molecule has 2 aromatic heterocycles. The second-order valence-electron chi connectivity index (χ2n) is 5.45. The maximum atomic E-state index is 12.1. The zero-order chi connectivity index (χ0) is 16.9. The van der Waals surface area contributed by atoms with Gasteiger partial charge in [0, 0.05) is 24.2 Å². The van der Waals surface area contributed by atoms with Gasteiger partial charge in [-0.3, -0.25) is 19.3 Å². The number of amides is 2. The molecule has 7 nitrogen and oxygen atoms in total. The number of pyridine rings is 1. The van der Waals surface area contributed by atoms with Crippen molar-refractivity contribution in [1.82, 2.24) is 19.9 Å². The number of benzene rings is 1. The number of carbonyl (C=O) groups excluding carboxylic acids is 2. The molecule has 0 saturated carbocycles. The van der Waals surface area contributed by atoms with Crippen molar-refractivity contribution in [3.8, 4) is 0 Å². The summed E-state index contributed by atoms with van der Waals surface area (Å²) in [5, 5.41) is 13.4. The SMILES string of the molecule is C[C@@H](CC(=O)Nc1nnc2ccccn12)NC(=O)c1ccccc1. The first kappa shape index (κ1) is 15.7. The Labute approximate surface area is 138 Å². The Hall–Kier alpha value is -3.22. The zero-order valence-corrected chi connectivity index (χ0v) is 13.1. The second-order valence-corrected chi connectivity index (χ2v) is 5.45. The number of fused-ring (bicyclic) bond motifs is 1.